The van der Waals surface area contributed by atoms with Crippen molar-refractivity contribution in [3.63, 3.8) is 0 Å². The summed E-state index contributed by atoms with van der Waals surface area (Å²) in [6.45, 7) is 4.24. The Kier molecular flexibility index (Phi) is 4.55. The van der Waals surface area contributed by atoms with Crippen molar-refractivity contribution in [2.45, 2.75) is 39.5 Å². The van der Waals surface area contributed by atoms with Crippen LogP contribution in [0.3, 0.4) is 0 Å². The van der Waals surface area contributed by atoms with Gasteiger partial charge < -0.3 is 5.32 Å². The zero-order chi connectivity index (χ0) is 13.7. The molecule has 2 heterocycles. The number of carbonyl (C=O) groups is 1. The lowest BCUT2D eigenvalue weighted by atomic mass is 9.97. The van der Waals surface area contributed by atoms with Gasteiger partial charge in [-0.2, -0.15) is 5.10 Å². The number of amides is 1. The SMILES string of the molecule is CCCC(CCC)C(=O)Nc1ccn2nccc2c1. The van der Waals surface area contributed by atoms with Crippen LogP contribution >= 0.6 is 0 Å². The number of nitrogens with zero attached hydrogens (tertiary/aromatic N) is 2. The zero-order valence-corrected chi connectivity index (χ0v) is 11.6. The molecule has 4 heteroatoms. The third-order valence-corrected chi connectivity index (χ3v) is 3.31. The number of carbonyl (C=O) groups excluding carboxylic acids is 1. The van der Waals surface area contributed by atoms with E-state index in [9.17, 15) is 4.79 Å². The fraction of sp³-hybridized carbons (Fsp3) is 0.467. The number of aromatic nitrogens is 2. The standard InChI is InChI=1S/C15H21N3O/c1-3-5-12(6-4-2)15(19)17-13-8-10-18-14(11-13)7-9-16-18/h7-12H,3-6H2,1-2H3,(H,17,19). The number of anilines is 1. The summed E-state index contributed by atoms with van der Waals surface area (Å²) in [5.41, 5.74) is 1.83. The first-order chi connectivity index (χ1) is 9.24. The maximum atomic E-state index is 12.2. The summed E-state index contributed by atoms with van der Waals surface area (Å²) in [4.78, 5) is 12.2. The van der Waals surface area contributed by atoms with Crippen molar-refractivity contribution in [3.05, 3.63) is 30.6 Å². The minimum Gasteiger partial charge on any atom is -0.326 e. The zero-order valence-electron chi connectivity index (χ0n) is 11.6. The van der Waals surface area contributed by atoms with E-state index in [1.165, 1.54) is 0 Å². The van der Waals surface area contributed by atoms with Crippen LogP contribution in [0.4, 0.5) is 5.69 Å². The van der Waals surface area contributed by atoms with Crippen LogP contribution in [-0.2, 0) is 4.79 Å². The van der Waals surface area contributed by atoms with Gasteiger partial charge in [0.2, 0.25) is 5.91 Å². The molecule has 0 atom stereocenters. The molecule has 0 saturated heterocycles. The lowest BCUT2D eigenvalue weighted by Crippen LogP contribution is -2.22. The molecule has 2 aromatic heterocycles. The van der Waals surface area contributed by atoms with E-state index in [4.69, 9.17) is 0 Å². The Bertz CT molecular complexity index is 541. The summed E-state index contributed by atoms with van der Waals surface area (Å²) in [6.07, 6.45) is 7.60. The molecular formula is C15H21N3O. The van der Waals surface area contributed by atoms with Crippen LogP contribution in [-0.4, -0.2) is 15.5 Å². The molecule has 0 saturated carbocycles. The highest BCUT2D eigenvalue weighted by Gasteiger charge is 2.16. The maximum absolute atomic E-state index is 12.2. The second kappa shape index (κ2) is 6.36. The number of pyridine rings is 1. The minimum absolute atomic E-state index is 0.121. The van der Waals surface area contributed by atoms with E-state index in [1.54, 1.807) is 10.7 Å². The van der Waals surface area contributed by atoms with Gasteiger partial charge in [-0.25, -0.2) is 4.52 Å². The Morgan fingerprint density at radius 1 is 1.32 bits per heavy atom. The van der Waals surface area contributed by atoms with E-state index in [0.717, 1.165) is 36.9 Å². The molecule has 0 aliphatic carbocycles. The number of fused-ring (bicyclic) bond motifs is 1. The molecule has 0 aliphatic heterocycles. The van der Waals surface area contributed by atoms with Gasteiger partial charge in [-0.1, -0.05) is 26.7 Å². The molecule has 4 nitrogen and oxygen atoms in total. The summed E-state index contributed by atoms with van der Waals surface area (Å²) in [5.74, 6) is 0.253. The van der Waals surface area contributed by atoms with E-state index in [1.807, 2.05) is 24.4 Å². The Hall–Kier alpha value is -1.84. The van der Waals surface area contributed by atoms with Crippen LogP contribution in [0.1, 0.15) is 39.5 Å². The van der Waals surface area contributed by atoms with Gasteiger partial charge in [0, 0.05) is 24.0 Å². The normalized spacial score (nSPS) is 11.1. The number of rotatable bonds is 6. The molecular weight excluding hydrogens is 238 g/mol. The van der Waals surface area contributed by atoms with E-state index in [2.05, 4.69) is 24.3 Å². The topological polar surface area (TPSA) is 46.4 Å². The third-order valence-electron chi connectivity index (χ3n) is 3.31. The second-order valence-corrected chi connectivity index (χ2v) is 4.88. The van der Waals surface area contributed by atoms with Crippen molar-refractivity contribution in [1.29, 1.82) is 0 Å². The quantitative estimate of drug-likeness (QED) is 0.863. The van der Waals surface area contributed by atoms with Gasteiger partial charge >= 0.3 is 0 Å². The van der Waals surface area contributed by atoms with Crippen molar-refractivity contribution in [1.82, 2.24) is 9.61 Å². The molecule has 1 amide bonds. The molecule has 0 aliphatic rings. The van der Waals surface area contributed by atoms with Gasteiger partial charge in [0.15, 0.2) is 0 Å². The molecule has 0 aromatic carbocycles. The first kappa shape index (κ1) is 13.6. The van der Waals surface area contributed by atoms with Crippen LogP contribution in [0.2, 0.25) is 0 Å². The Labute approximate surface area is 113 Å². The first-order valence-electron chi connectivity index (χ1n) is 6.98. The second-order valence-electron chi connectivity index (χ2n) is 4.88. The van der Waals surface area contributed by atoms with E-state index in [-0.39, 0.29) is 11.8 Å². The Morgan fingerprint density at radius 3 is 2.74 bits per heavy atom. The molecule has 0 spiro atoms. The van der Waals surface area contributed by atoms with Gasteiger partial charge in [0.25, 0.3) is 0 Å². The average Bonchev–Trinajstić information content (AvgIpc) is 2.86. The third kappa shape index (κ3) is 3.34. The number of nitrogens with one attached hydrogen (secondary N) is 1. The molecule has 19 heavy (non-hydrogen) atoms. The molecule has 0 bridgehead atoms. The fourth-order valence-electron chi connectivity index (χ4n) is 2.35. The average molecular weight is 259 g/mol. The molecule has 2 aromatic rings. The molecule has 0 unspecified atom stereocenters. The lowest BCUT2D eigenvalue weighted by Gasteiger charge is -2.15. The van der Waals surface area contributed by atoms with Crippen molar-refractivity contribution in [3.8, 4) is 0 Å². The van der Waals surface area contributed by atoms with Crippen LogP contribution < -0.4 is 5.32 Å². The van der Waals surface area contributed by atoms with Crippen LogP contribution in [0.5, 0.6) is 0 Å². The molecule has 1 N–H and O–H groups in total. The van der Waals surface area contributed by atoms with E-state index < -0.39 is 0 Å². The Balaban J connectivity index is 2.07. The summed E-state index contributed by atoms with van der Waals surface area (Å²) in [6, 6.07) is 5.75. The van der Waals surface area contributed by atoms with Crippen molar-refractivity contribution < 1.29 is 4.79 Å². The summed E-state index contributed by atoms with van der Waals surface area (Å²) >= 11 is 0. The number of hydrogen-bond donors (Lipinski definition) is 1. The highest BCUT2D eigenvalue weighted by atomic mass is 16.1. The van der Waals surface area contributed by atoms with Gasteiger partial charge in [-0.3, -0.25) is 4.79 Å². The van der Waals surface area contributed by atoms with Crippen LogP contribution in [0.15, 0.2) is 30.6 Å². The smallest absolute Gasteiger partial charge is 0.227 e. The van der Waals surface area contributed by atoms with Gasteiger partial charge in [0.1, 0.15) is 0 Å². The summed E-state index contributed by atoms with van der Waals surface area (Å²) in [5, 5.41) is 7.15. The summed E-state index contributed by atoms with van der Waals surface area (Å²) in [7, 11) is 0. The van der Waals surface area contributed by atoms with Gasteiger partial charge in [-0.15, -0.1) is 0 Å². The molecule has 2 rings (SSSR count). The first-order valence-corrected chi connectivity index (χ1v) is 6.98. The van der Waals surface area contributed by atoms with Crippen molar-refractivity contribution in [2.24, 2.45) is 5.92 Å². The van der Waals surface area contributed by atoms with Gasteiger partial charge in [0.05, 0.1) is 5.52 Å². The maximum Gasteiger partial charge on any atom is 0.227 e. The Morgan fingerprint density at radius 2 is 2.05 bits per heavy atom. The molecule has 0 fully saturated rings. The lowest BCUT2D eigenvalue weighted by molar-refractivity contribution is -0.120. The monoisotopic (exact) mass is 259 g/mol. The fourth-order valence-corrected chi connectivity index (χ4v) is 2.35. The highest BCUT2D eigenvalue weighted by Crippen LogP contribution is 2.18. The predicted octanol–water partition coefficient (Wildman–Crippen LogP) is 3.49. The van der Waals surface area contributed by atoms with E-state index >= 15 is 0 Å². The summed E-state index contributed by atoms with van der Waals surface area (Å²) < 4.78 is 1.78. The van der Waals surface area contributed by atoms with Gasteiger partial charge in [-0.05, 0) is 31.0 Å². The van der Waals surface area contributed by atoms with E-state index in [0.29, 0.717) is 0 Å². The minimum atomic E-state index is 0.121. The molecule has 0 radical (unpaired) electrons. The van der Waals surface area contributed by atoms with Crippen molar-refractivity contribution >= 4 is 17.1 Å². The van der Waals surface area contributed by atoms with Crippen LogP contribution in [0.25, 0.3) is 5.52 Å². The largest absolute Gasteiger partial charge is 0.326 e. The highest BCUT2D eigenvalue weighted by molar-refractivity contribution is 5.93. The van der Waals surface area contributed by atoms with Crippen LogP contribution in [0, 0.1) is 5.92 Å². The number of hydrogen-bond acceptors (Lipinski definition) is 2. The molecule has 102 valence electrons. The van der Waals surface area contributed by atoms with Crippen molar-refractivity contribution in [2.75, 3.05) is 5.32 Å². The predicted molar refractivity (Wildman–Crippen MR) is 77.1 cm³/mol.